The van der Waals surface area contributed by atoms with Crippen LogP contribution in [-0.4, -0.2) is 38.5 Å². The van der Waals surface area contributed by atoms with Crippen molar-refractivity contribution in [1.82, 2.24) is 15.8 Å². The Morgan fingerprint density at radius 2 is 1.73 bits per heavy atom. The Bertz CT molecular complexity index is 745. The molecule has 2 aromatic carbocycles. The molecule has 0 spiro atoms. The SMILES string of the molecule is CN(Cc1ccc(N(C)C)cc1)C(=O)C1CNNC1c1ccc(Cl)cc1. The van der Waals surface area contributed by atoms with Gasteiger partial charge in [0.15, 0.2) is 0 Å². The highest BCUT2D eigenvalue weighted by molar-refractivity contribution is 6.30. The number of nitrogens with zero attached hydrogens (tertiary/aromatic N) is 2. The number of amides is 1. The van der Waals surface area contributed by atoms with Crippen molar-refractivity contribution in [2.75, 3.05) is 32.6 Å². The molecule has 1 saturated heterocycles. The van der Waals surface area contributed by atoms with Crippen molar-refractivity contribution in [2.45, 2.75) is 12.6 Å². The molecule has 1 aliphatic heterocycles. The van der Waals surface area contributed by atoms with Crippen molar-refractivity contribution in [1.29, 1.82) is 0 Å². The van der Waals surface area contributed by atoms with E-state index in [0.29, 0.717) is 18.1 Å². The second kappa shape index (κ2) is 8.08. The molecule has 5 nitrogen and oxygen atoms in total. The summed E-state index contributed by atoms with van der Waals surface area (Å²) in [5, 5.41) is 0.695. The van der Waals surface area contributed by atoms with Gasteiger partial charge in [-0.1, -0.05) is 35.9 Å². The van der Waals surface area contributed by atoms with E-state index >= 15 is 0 Å². The van der Waals surface area contributed by atoms with Crippen LogP contribution in [0.1, 0.15) is 17.2 Å². The van der Waals surface area contributed by atoms with E-state index in [4.69, 9.17) is 11.6 Å². The molecule has 0 aromatic heterocycles. The van der Waals surface area contributed by atoms with Crippen LogP contribution in [0.15, 0.2) is 48.5 Å². The van der Waals surface area contributed by atoms with Crippen LogP contribution >= 0.6 is 11.6 Å². The Labute approximate surface area is 159 Å². The van der Waals surface area contributed by atoms with Crippen molar-refractivity contribution in [3.63, 3.8) is 0 Å². The van der Waals surface area contributed by atoms with Gasteiger partial charge in [-0.05, 0) is 35.4 Å². The maximum absolute atomic E-state index is 13.0. The molecule has 0 saturated carbocycles. The summed E-state index contributed by atoms with van der Waals surface area (Å²) < 4.78 is 0. The molecule has 6 heteroatoms. The molecular formula is C20H25ClN4O. The van der Waals surface area contributed by atoms with Crippen molar-refractivity contribution >= 4 is 23.2 Å². The van der Waals surface area contributed by atoms with Crippen molar-refractivity contribution in [3.8, 4) is 0 Å². The third-order valence-electron chi connectivity index (χ3n) is 4.78. The second-order valence-electron chi connectivity index (χ2n) is 6.92. The summed E-state index contributed by atoms with van der Waals surface area (Å²) in [4.78, 5) is 16.8. The molecule has 0 aliphatic carbocycles. The summed E-state index contributed by atoms with van der Waals surface area (Å²) in [5.74, 6) is -0.0265. The smallest absolute Gasteiger partial charge is 0.229 e. The van der Waals surface area contributed by atoms with Crippen molar-refractivity contribution < 1.29 is 4.79 Å². The lowest BCUT2D eigenvalue weighted by molar-refractivity contribution is -0.134. The summed E-state index contributed by atoms with van der Waals surface area (Å²) in [6.45, 7) is 1.20. The van der Waals surface area contributed by atoms with Gasteiger partial charge in [0.05, 0.1) is 12.0 Å². The normalized spacial score (nSPS) is 19.4. The monoisotopic (exact) mass is 372 g/mol. The number of hydrogen-bond acceptors (Lipinski definition) is 4. The third-order valence-corrected chi connectivity index (χ3v) is 5.03. The zero-order chi connectivity index (χ0) is 18.7. The highest BCUT2D eigenvalue weighted by Crippen LogP contribution is 2.27. The van der Waals surface area contributed by atoms with Gasteiger partial charge in [-0.3, -0.25) is 10.2 Å². The van der Waals surface area contributed by atoms with Gasteiger partial charge in [-0.15, -0.1) is 0 Å². The highest BCUT2D eigenvalue weighted by Gasteiger charge is 2.35. The fourth-order valence-electron chi connectivity index (χ4n) is 3.25. The highest BCUT2D eigenvalue weighted by atomic mass is 35.5. The molecule has 2 unspecified atom stereocenters. The summed E-state index contributed by atoms with van der Waals surface area (Å²) in [6.07, 6.45) is 0. The summed E-state index contributed by atoms with van der Waals surface area (Å²) >= 11 is 5.97. The zero-order valence-corrected chi connectivity index (χ0v) is 16.1. The number of carbonyl (C=O) groups excluding carboxylic acids is 1. The van der Waals surface area contributed by atoms with E-state index in [2.05, 4.69) is 40.0 Å². The van der Waals surface area contributed by atoms with Crippen LogP contribution in [0.3, 0.4) is 0 Å². The summed E-state index contributed by atoms with van der Waals surface area (Å²) in [6, 6.07) is 15.9. The summed E-state index contributed by atoms with van der Waals surface area (Å²) in [7, 11) is 5.89. The molecular weight excluding hydrogens is 348 g/mol. The van der Waals surface area contributed by atoms with Gasteiger partial charge in [0.2, 0.25) is 5.91 Å². The van der Waals surface area contributed by atoms with E-state index in [0.717, 1.165) is 16.8 Å². The number of halogens is 1. The first-order valence-corrected chi connectivity index (χ1v) is 9.08. The number of anilines is 1. The number of nitrogens with one attached hydrogen (secondary N) is 2. The number of carbonyl (C=O) groups is 1. The number of hydrazine groups is 1. The largest absolute Gasteiger partial charge is 0.378 e. The fourth-order valence-corrected chi connectivity index (χ4v) is 3.37. The van der Waals surface area contributed by atoms with Gasteiger partial charge in [-0.2, -0.15) is 0 Å². The van der Waals surface area contributed by atoms with Gasteiger partial charge in [0.1, 0.15) is 0 Å². The van der Waals surface area contributed by atoms with Crippen LogP contribution < -0.4 is 15.8 Å². The lowest BCUT2D eigenvalue weighted by atomic mass is 9.93. The molecule has 1 fully saturated rings. The molecule has 1 heterocycles. The van der Waals surface area contributed by atoms with Crippen LogP contribution in [0, 0.1) is 5.92 Å². The first kappa shape index (κ1) is 18.7. The Balaban J connectivity index is 1.67. The molecule has 0 bridgehead atoms. The Morgan fingerprint density at radius 3 is 2.35 bits per heavy atom. The predicted molar refractivity (Wildman–Crippen MR) is 106 cm³/mol. The molecule has 1 aliphatic rings. The number of hydrogen-bond donors (Lipinski definition) is 2. The second-order valence-corrected chi connectivity index (χ2v) is 7.35. The van der Waals surface area contributed by atoms with Gasteiger partial charge < -0.3 is 9.80 Å². The first-order chi connectivity index (χ1) is 12.5. The van der Waals surface area contributed by atoms with Gasteiger partial charge in [0, 0.05) is 44.9 Å². The summed E-state index contributed by atoms with van der Waals surface area (Å²) in [5.41, 5.74) is 9.66. The van der Waals surface area contributed by atoms with E-state index in [-0.39, 0.29) is 17.9 Å². The lowest BCUT2D eigenvalue weighted by Crippen LogP contribution is -2.36. The van der Waals surface area contributed by atoms with Crippen LogP contribution in [0.25, 0.3) is 0 Å². The Hall–Kier alpha value is -2.08. The van der Waals surface area contributed by atoms with Crippen molar-refractivity contribution in [2.24, 2.45) is 5.92 Å². The third kappa shape index (κ3) is 4.18. The standard InChI is InChI=1S/C20H25ClN4O/c1-24(2)17-10-4-14(5-11-17)13-25(3)20(26)18-12-22-23-19(18)15-6-8-16(21)9-7-15/h4-11,18-19,22-23H,12-13H2,1-3H3. The van der Waals surface area contributed by atoms with Gasteiger partial charge in [-0.25, -0.2) is 5.43 Å². The molecule has 26 heavy (non-hydrogen) atoms. The molecule has 138 valence electrons. The molecule has 3 rings (SSSR count). The molecule has 0 radical (unpaired) electrons. The molecule has 2 aromatic rings. The lowest BCUT2D eigenvalue weighted by Gasteiger charge is -2.25. The van der Waals surface area contributed by atoms with Crippen LogP contribution in [0.5, 0.6) is 0 Å². The minimum Gasteiger partial charge on any atom is -0.378 e. The fraction of sp³-hybridized carbons (Fsp3) is 0.350. The van der Waals surface area contributed by atoms with Crippen LogP contribution in [0.4, 0.5) is 5.69 Å². The Morgan fingerprint density at radius 1 is 1.08 bits per heavy atom. The van der Waals surface area contributed by atoms with Gasteiger partial charge in [0.25, 0.3) is 0 Å². The number of benzene rings is 2. The van der Waals surface area contributed by atoms with Crippen LogP contribution in [-0.2, 0) is 11.3 Å². The van der Waals surface area contributed by atoms with E-state index in [1.807, 2.05) is 45.4 Å². The Kier molecular flexibility index (Phi) is 5.81. The molecule has 2 atom stereocenters. The minimum atomic E-state index is -0.151. The average molecular weight is 373 g/mol. The average Bonchev–Trinajstić information content (AvgIpc) is 3.11. The topological polar surface area (TPSA) is 47.6 Å². The zero-order valence-electron chi connectivity index (χ0n) is 15.4. The quantitative estimate of drug-likeness (QED) is 0.847. The molecule has 2 N–H and O–H groups in total. The van der Waals surface area contributed by atoms with E-state index in [1.165, 1.54) is 0 Å². The van der Waals surface area contributed by atoms with E-state index < -0.39 is 0 Å². The maximum atomic E-state index is 13.0. The minimum absolute atomic E-state index is 0.0571. The van der Waals surface area contributed by atoms with Crippen molar-refractivity contribution in [3.05, 3.63) is 64.7 Å². The maximum Gasteiger partial charge on any atom is 0.229 e. The van der Waals surface area contributed by atoms with E-state index in [1.54, 1.807) is 4.90 Å². The van der Waals surface area contributed by atoms with Gasteiger partial charge >= 0.3 is 0 Å². The molecule has 1 amide bonds. The first-order valence-electron chi connectivity index (χ1n) is 8.71. The predicted octanol–water partition coefficient (Wildman–Crippen LogP) is 2.83. The van der Waals surface area contributed by atoms with Crippen LogP contribution in [0.2, 0.25) is 5.02 Å². The van der Waals surface area contributed by atoms with E-state index in [9.17, 15) is 4.79 Å². The number of rotatable bonds is 5.